The van der Waals surface area contributed by atoms with Crippen molar-refractivity contribution in [3.63, 3.8) is 0 Å². The number of nitrogens with one attached hydrogen (secondary N) is 1. The zero-order chi connectivity index (χ0) is 23.0. The molecule has 7 nitrogen and oxygen atoms in total. The number of benzene rings is 2. The van der Waals surface area contributed by atoms with Gasteiger partial charge in [-0.2, -0.15) is 0 Å². The van der Waals surface area contributed by atoms with Crippen molar-refractivity contribution in [1.82, 2.24) is 9.80 Å². The Kier molecular flexibility index (Phi) is 5.83. The van der Waals surface area contributed by atoms with E-state index in [0.29, 0.717) is 19.7 Å². The molecule has 0 bridgehead atoms. The van der Waals surface area contributed by atoms with Crippen molar-refractivity contribution in [2.24, 2.45) is 0 Å². The third kappa shape index (κ3) is 4.34. The Labute approximate surface area is 201 Å². The van der Waals surface area contributed by atoms with E-state index < -0.39 is 5.79 Å². The second-order valence-electron chi connectivity index (χ2n) is 9.98. The van der Waals surface area contributed by atoms with Gasteiger partial charge in [0.15, 0.2) is 0 Å². The molecule has 3 fully saturated rings. The number of carbonyl (C=O) groups excluding carboxylic acids is 1. The number of ether oxygens (including phenoxy) is 2. The summed E-state index contributed by atoms with van der Waals surface area (Å²) in [4.78, 5) is 19.4. The van der Waals surface area contributed by atoms with Gasteiger partial charge in [0, 0.05) is 75.1 Å². The third-order valence-electron chi connectivity index (χ3n) is 7.94. The minimum atomic E-state index is -0.452. The lowest BCUT2D eigenvalue weighted by atomic mass is 9.89. The van der Waals surface area contributed by atoms with Crippen LogP contribution >= 0.6 is 0 Å². The zero-order valence-corrected chi connectivity index (χ0v) is 19.7. The van der Waals surface area contributed by atoms with Gasteiger partial charge in [-0.3, -0.25) is 4.90 Å². The molecule has 2 saturated heterocycles. The van der Waals surface area contributed by atoms with Crippen molar-refractivity contribution < 1.29 is 14.3 Å². The molecule has 7 heteroatoms. The van der Waals surface area contributed by atoms with Crippen LogP contribution in [0.5, 0.6) is 5.75 Å². The van der Waals surface area contributed by atoms with Crippen molar-refractivity contribution in [3.05, 3.63) is 54.1 Å². The van der Waals surface area contributed by atoms with Gasteiger partial charge in [-0.25, -0.2) is 4.79 Å². The van der Waals surface area contributed by atoms with Crippen molar-refractivity contribution in [3.8, 4) is 5.75 Å². The van der Waals surface area contributed by atoms with Gasteiger partial charge >= 0.3 is 6.03 Å². The summed E-state index contributed by atoms with van der Waals surface area (Å²) in [6.07, 6.45) is 5.97. The standard InChI is InChI=1S/C27H34N4O3/c32-26(28-22-5-2-1-3-6-22)31-17-15-30(16-18-31)24-9-10-25-21(19-24)20-33-27(34-25)11-13-29(14-12-27)23-7-4-8-23/h1-3,5-6,9-10,19,23H,4,7-8,11-18,20H2,(H,28,32). The van der Waals surface area contributed by atoms with Gasteiger partial charge in [0.1, 0.15) is 5.75 Å². The normalized spacial score (nSPS) is 22.6. The molecule has 1 aliphatic carbocycles. The second kappa shape index (κ2) is 9.12. The maximum atomic E-state index is 12.6. The first kappa shape index (κ1) is 21.7. The van der Waals surface area contributed by atoms with Crippen molar-refractivity contribution in [1.29, 1.82) is 0 Å². The van der Waals surface area contributed by atoms with E-state index in [1.807, 2.05) is 35.2 Å². The fourth-order valence-corrected chi connectivity index (χ4v) is 5.53. The fraction of sp³-hybridized carbons (Fsp3) is 0.519. The summed E-state index contributed by atoms with van der Waals surface area (Å²) in [5.41, 5.74) is 3.12. The van der Waals surface area contributed by atoms with Crippen LogP contribution in [0.15, 0.2) is 48.5 Å². The molecular weight excluding hydrogens is 428 g/mol. The Balaban J connectivity index is 1.04. The van der Waals surface area contributed by atoms with Crippen molar-refractivity contribution >= 4 is 17.4 Å². The van der Waals surface area contributed by atoms with E-state index in [1.54, 1.807) is 0 Å². The van der Waals surface area contributed by atoms with E-state index in [4.69, 9.17) is 9.47 Å². The summed E-state index contributed by atoms with van der Waals surface area (Å²) in [6, 6.07) is 16.8. The van der Waals surface area contributed by atoms with Gasteiger partial charge < -0.3 is 24.6 Å². The molecule has 6 rings (SSSR count). The van der Waals surface area contributed by atoms with Crippen molar-refractivity contribution in [2.45, 2.75) is 50.5 Å². The highest BCUT2D eigenvalue weighted by Gasteiger charge is 2.42. The number of likely N-dealkylation sites (tertiary alicyclic amines) is 1. The highest BCUT2D eigenvalue weighted by molar-refractivity contribution is 5.89. The van der Waals surface area contributed by atoms with Gasteiger partial charge in [-0.05, 0) is 43.2 Å². The summed E-state index contributed by atoms with van der Waals surface area (Å²) < 4.78 is 12.8. The molecule has 0 atom stereocenters. The average molecular weight is 463 g/mol. The quantitative estimate of drug-likeness (QED) is 0.737. The molecule has 0 aromatic heterocycles. The lowest BCUT2D eigenvalue weighted by molar-refractivity contribution is -0.231. The predicted molar refractivity (Wildman–Crippen MR) is 132 cm³/mol. The monoisotopic (exact) mass is 462 g/mol. The summed E-state index contributed by atoms with van der Waals surface area (Å²) in [6.45, 7) is 5.76. The number of para-hydroxylation sites is 1. The molecule has 3 aliphatic heterocycles. The molecule has 0 radical (unpaired) electrons. The summed E-state index contributed by atoms with van der Waals surface area (Å²) in [5, 5.41) is 2.98. The molecule has 2 aromatic rings. The van der Waals surface area contributed by atoms with Crippen LogP contribution in [0, 0.1) is 0 Å². The molecular formula is C27H34N4O3. The SMILES string of the molecule is O=C(Nc1ccccc1)N1CCN(c2ccc3c(c2)COC2(CCN(C4CCC4)CC2)O3)CC1. The fourth-order valence-electron chi connectivity index (χ4n) is 5.53. The lowest BCUT2D eigenvalue weighted by Crippen LogP contribution is -2.54. The first-order valence-electron chi connectivity index (χ1n) is 12.7. The Morgan fingerprint density at radius 1 is 0.941 bits per heavy atom. The van der Waals surface area contributed by atoms with Crippen LogP contribution in [0.2, 0.25) is 0 Å². The Morgan fingerprint density at radius 2 is 1.71 bits per heavy atom. The molecule has 4 aliphatic rings. The number of carbonyl (C=O) groups is 1. The van der Waals surface area contributed by atoms with Crippen LogP contribution in [0.4, 0.5) is 16.2 Å². The van der Waals surface area contributed by atoms with Crippen LogP contribution < -0.4 is 15.0 Å². The van der Waals surface area contributed by atoms with Gasteiger partial charge in [0.25, 0.3) is 0 Å². The number of hydrogen-bond acceptors (Lipinski definition) is 5. The highest BCUT2D eigenvalue weighted by atomic mass is 16.7. The number of fused-ring (bicyclic) bond motifs is 1. The molecule has 1 spiro atoms. The van der Waals surface area contributed by atoms with Crippen LogP contribution in [-0.4, -0.2) is 66.9 Å². The number of anilines is 2. The van der Waals surface area contributed by atoms with E-state index in [2.05, 4.69) is 33.3 Å². The van der Waals surface area contributed by atoms with E-state index >= 15 is 0 Å². The molecule has 2 aromatic carbocycles. The largest absolute Gasteiger partial charge is 0.462 e. The van der Waals surface area contributed by atoms with Crippen LogP contribution in [0.25, 0.3) is 0 Å². The van der Waals surface area contributed by atoms with E-state index in [0.717, 1.165) is 62.1 Å². The molecule has 1 saturated carbocycles. The third-order valence-corrected chi connectivity index (χ3v) is 7.94. The number of amides is 2. The Hall–Kier alpha value is -2.77. The average Bonchev–Trinajstić information content (AvgIpc) is 2.85. The second-order valence-corrected chi connectivity index (χ2v) is 9.98. The van der Waals surface area contributed by atoms with Gasteiger partial charge in [0.2, 0.25) is 5.79 Å². The maximum absolute atomic E-state index is 12.6. The Morgan fingerprint density at radius 3 is 2.41 bits per heavy atom. The number of piperidine rings is 1. The predicted octanol–water partition coefficient (Wildman–Crippen LogP) is 4.29. The lowest BCUT2D eigenvalue weighted by Gasteiger charge is -2.47. The molecule has 0 unspecified atom stereocenters. The van der Waals surface area contributed by atoms with E-state index in [-0.39, 0.29) is 6.03 Å². The van der Waals surface area contributed by atoms with Crippen molar-refractivity contribution in [2.75, 3.05) is 49.5 Å². The summed E-state index contributed by atoms with van der Waals surface area (Å²) >= 11 is 0. The van der Waals surface area contributed by atoms with Crippen LogP contribution in [0.1, 0.15) is 37.7 Å². The minimum absolute atomic E-state index is 0.0354. The number of piperazine rings is 1. The number of urea groups is 1. The Bertz CT molecular complexity index is 1010. The summed E-state index contributed by atoms with van der Waals surface area (Å²) in [7, 11) is 0. The summed E-state index contributed by atoms with van der Waals surface area (Å²) in [5.74, 6) is 0.514. The number of nitrogens with zero attached hydrogens (tertiary/aromatic N) is 3. The highest BCUT2D eigenvalue weighted by Crippen LogP contribution is 2.40. The molecule has 2 amide bonds. The van der Waals surface area contributed by atoms with E-state index in [9.17, 15) is 4.79 Å². The van der Waals surface area contributed by atoms with Gasteiger partial charge in [-0.1, -0.05) is 24.6 Å². The van der Waals surface area contributed by atoms with Gasteiger partial charge in [-0.15, -0.1) is 0 Å². The molecule has 3 heterocycles. The van der Waals surface area contributed by atoms with Crippen LogP contribution in [0.3, 0.4) is 0 Å². The maximum Gasteiger partial charge on any atom is 0.321 e. The van der Waals surface area contributed by atoms with Gasteiger partial charge in [0.05, 0.1) is 6.61 Å². The zero-order valence-electron chi connectivity index (χ0n) is 19.7. The molecule has 34 heavy (non-hydrogen) atoms. The smallest absolute Gasteiger partial charge is 0.321 e. The molecule has 1 N–H and O–H groups in total. The molecule has 180 valence electrons. The number of hydrogen-bond donors (Lipinski definition) is 1. The first-order valence-corrected chi connectivity index (χ1v) is 12.7. The minimum Gasteiger partial charge on any atom is -0.462 e. The van der Waals surface area contributed by atoms with E-state index in [1.165, 1.54) is 24.9 Å². The first-order chi connectivity index (χ1) is 16.7. The van der Waals surface area contributed by atoms with Crippen LogP contribution in [-0.2, 0) is 11.3 Å². The topological polar surface area (TPSA) is 57.3 Å². The number of rotatable bonds is 3.